The van der Waals surface area contributed by atoms with Gasteiger partial charge in [-0.05, 0) is 56.2 Å². The molecule has 0 aliphatic heterocycles. The molecule has 0 spiro atoms. The fourth-order valence-corrected chi connectivity index (χ4v) is 2.30. The second-order valence-corrected chi connectivity index (χ2v) is 6.05. The Kier molecular flexibility index (Phi) is 6.42. The van der Waals surface area contributed by atoms with Crippen LogP contribution in [0.15, 0.2) is 42.5 Å². The standard InChI is InChI=1S/C19H20ClNO4/c1-12-6-4-7-15(10-12)25-14(3)19(23)24-11-18(22)21-17-9-5-8-16(20)13(17)2/h4-10,14H,11H2,1-3H3,(H,21,22)/t14-/m1/s1. The number of halogens is 1. The molecule has 1 atom stereocenters. The normalized spacial score (nSPS) is 11.5. The molecule has 5 nitrogen and oxygen atoms in total. The molecule has 0 aliphatic carbocycles. The minimum absolute atomic E-state index is 0.397. The number of benzene rings is 2. The molecule has 6 heteroatoms. The molecule has 2 aromatic rings. The first kappa shape index (κ1) is 18.8. The first-order chi connectivity index (χ1) is 11.9. The molecule has 0 saturated carbocycles. The summed E-state index contributed by atoms with van der Waals surface area (Å²) in [7, 11) is 0. The first-order valence-electron chi connectivity index (χ1n) is 7.81. The molecular formula is C19H20ClNO4. The molecule has 1 N–H and O–H groups in total. The first-order valence-corrected chi connectivity index (χ1v) is 8.19. The number of carbonyl (C=O) groups is 2. The third kappa shape index (κ3) is 5.50. The van der Waals surface area contributed by atoms with Gasteiger partial charge in [0.1, 0.15) is 5.75 Å². The number of anilines is 1. The lowest BCUT2D eigenvalue weighted by Gasteiger charge is -2.14. The van der Waals surface area contributed by atoms with Crippen molar-refractivity contribution in [2.24, 2.45) is 0 Å². The van der Waals surface area contributed by atoms with Crippen molar-refractivity contribution in [3.63, 3.8) is 0 Å². The number of hydrogen-bond acceptors (Lipinski definition) is 4. The highest BCUT2D eigenvalue weighted by Gasteiger charge is 2.18. The van der Waals surface area contributed by atoms with Crippen LogP contribution in [0.25, 0.3) is 0 Å². The Bertz CT molecular complexity index is 776. The molecule has 2 rings (SSSR count). The van der Waals surface area contributed by atoms with Crippen molar-refractivity contribution in [1.82, 2.24) is 0 Å². The molecule has 0 fully saturated rings. The van der Waals surface area contributed by atoms with Crippen LogP contribution in [0.5, 0.6) is 5.75 Å². The van der Waals surface area contributed by atoms with Gasteiger partial charge < -0.3 is 14.8 Å². The Balaban J connectivity index is 1.84. The quantitative estimate of drug-likeness (QED) is 0.792. The fraction of sp³-hybridized carbons (Fsp3) is 0.263. The van der Waals surface area contributed by atoms with E-state index in [0.717, 1.165) is 11.1 Å². The highest BCUT2D eigenvalue weighted by atomic mass is 35.5. The molecule has 25 heavy (non-hydrogen) atoms. The zero-order chi connectivity index (χ0) is 18.4. The Morgan fingerprint density at radius 2 is 1.88 bits per heavy atom. The maximum atomic E-state index is 12.0. The Morgan fingerprint density at radius 1 is 1.16 bits per heavy atom. The van der Waals surface area contributed by atoms with Crippen molar-refractivity contribution in [3.8, 4) is 5.75 Å². The van der Waals surface area contributed by atoms with Gasteiger partial charge in [-0.25, -0.2) is 4.79 Å². The third-order valence-electron chi connectivity index (χ3n) is 3.52. The number of nitrogens with one attached hydrogen (secondary N) is 1. The lowest BCUT2D eigenvalue weighted by Crippen LogP contribution is -2.29. The van der Waals surface area contributed by atoms with E-state index >= 15 is 0 Å². The van der Waals surface area contributed by atoms with Crippen molar-refractivity contribution in [1.29, 1.82) is 0 Å². The molecule has 1 amide bonds. The molecule has 0 aromatic heterocycles. The number of esters is 1. The molecular weight excluding hydrogens is 342 g/mol. The van der Waals surface area contributed by atoms with E-state index in [1.807, 2.05) is 25.1 Å². The molecule has 0 bridgehead atoms. The fourth-order valence-electron chi connectivity index (χ4n) is 2.12. The molecule has 0 heterocycles. The van der Waals surface area contributed by atoms with Crippen LogP contribution in [-0.2, 0) is 14.3 Å². The van der Waals surface area contributed by atoms with E-state index in [2.05, 4.69) is 5.32 Å². The van der Waals surface area contributed by atoms with Crippen LogP contribution in [0.3, 0.4) is 0 Å². The van der Waals surface area contributed by atoms with Crippen LogP contribution in [0, 0.1) is 13.8 Å². The van der Waals surface area contributed by atoms with Crippen molar-refractivity contribution >= 4 is 29.2 Å². The minimum atomic E-state index is -0.817. The van der Waals surface area contributed by atoms with Crippen LogP contribution >= 0.6 is 11.6 Å². The van der Waals surface area contributed by atoms with Gasteiger partial charge in [0.25, 0.3) is 5.91 Å². The monoisotopic (exact) mass is 361 g/mol. The van der Waals surface area contributed by atoms with Crippen molar-refractivity contribution < 1.29 is 19.1 Å². The zero-order valence-electron chi connectivity index (χ0n) is 14.3. The Hall–Kier alpha value is -2.53. The van der Waals surface area contributed by atoms with Crippen molar-refractivity contribution in [2.75, 3.05) is 11.9 Å². The summed E-state index contributed by atoms with van der Waals surface area (Å²) >= 11 is 6.00. The molecule has 0 aliphatic rings. The average molecular weight is 362 g/mol. The maximum Gasteiger partial charge on any atom is 0.347 e. The topological polar surface area (TPSA) is 64.6 Å². The second-order valence-electron chi connectivity index (χ2n) is 5.64. The number of hydrogen-bond donors (Lipinski definition) is 1. The predicted octanol–water partition coefficient (Wildman–Crippen LogP) is 3.91. The maximum absolute atomic E-state index is 12.0. The number of ether oxygens (including phenoxy) is 2. The van der Waals surface area contributed by atoms with E-state index in [0.29, 0.717) is 16.5 Å². The predicted molar refractivity (Wildman–Crippen MR) is 97.0 cm³/mol. The summed E-state index contributed by atoms with van der Waals surface area (Å²) in [4.78, 5) is 23.9. The van der Waals surface area contributed by atoms with E-state index in [1.54, 1.807) is 38.1 Å². The lowest BCUT2D eigenvalue weighted by molar-refractivity contribution is -0.153. The second kappa shape index (κ2) is 8.53. The van der Waals surface area contributed by atoms with E-state index in [4.69, 9.17) is 21.1 Å². The summed E-state index contributed by atoms with van der Waals surface area (Å²) in [5.41, 5.74) is 2.35. The highest BCUT2D eigenvalue weighted by molar-refractivity contribution is 6.31. The average Bonchev–Trinajstić information content (AvgIpc) is 2.57. The van der Waals surface area contributed by atoms with Crippen molar-refractivity contribution in [2.45, 2.75) is 26.9 Å². The number of carbonyl (C=O) groups excluding carboxylic acids is 2. The molecule has 2 aromatic carbocycles. The van der Waals surface area contributed by atoms with E-state index in [-0.39, 0.29) is 0 Å². The van der Waals surface area contributed by atoms with Crippen LogP contribution in [0.1, 0.15) is 18.1 Å². The molecule has 0 unspecified atom stereocenters. The summed E-state index contributed by atoms with van der Waals surface area (Å²) in [6.07, 6.45) is -0.817. The van der Waals surface area contributed by atoms with Gasteiger partial charge in [-0.15, -0.1) is 0 Å². The van der Waals surface area contributed by atoms with Gasteiger partial charge in [-0.1, -0.05) is 29.8 Å². The molecule has 0 saturated heterocycles. The third-order valence-corrected chi connectivity index (χ3v) is 3.93. The van der Waals surface area contributed by atoms with Crippen LogP contribution < -0.4 is 10.1 Å². The smallest absolute Gasteiger partial charge is 0.347 e. The number of rotatable bonds is 6. The zero-order valence-corrected chi connectivity index (χ0v) is 15.1. The largest absolute Gasteiger partial charge is 0.479 e. The SMILES string of the molecule is Cc1cccc(O[C@H](C)C(=O)OCC(=O)Nc2cccc(Cl)c2C)c1. The number of aryl methyl sites for hydroxylation is 1. The van der Waals surface area contributed by atoms with Crippen LogP contribution in [-0.4, -0.2) is 24.6 Å². The van der Waals surface area contributed by atoms with E-state index in [9.17, 15) is 9.59 Å². The van der Waals surface area contributed by atoms with Crippen LogP contribution in [0.4, 0.5) is 5.69 Å². The summed E-state index contributed by atoms with van der Waals surface area (Å²) in [6, 6.07) is 12.5. The highest BCUT2D eigenvalue weighted by Crippen LogP contribution is 2.22. The Morgan fingerprint density at radius 3 is 2.60 bits per heavy atom. The summed E-state index contributed by atoms with van der Waals surface area (Å²) in [5.74, 6) is -0.482. The van der Waals surface area contributed by atoms with E-state index in [1.165, 1.54) is 0 Å². The van der Waals surface area contributed by atoms with Gasteiger partial charge in [-0.2, -0.15) is 0 Å². The summed E-state index contributed by atoms with van der Waals surface area (Å²) in [5, 5.41) is 3.21. The summed E-state index contributed by atoms with van der Waals surface area (Å²) < 4.78 is 10.5. The van der Waals surface area contributed by atoms with E-state index < -0.39 is 24.6 Å². The van der Waals surface area contributed by atoms with Gasteiger partial charge >= 0.3 is 5.97 Å². The van der Waals surface area contributed by atoms with Crippen LogP contribution in [0.2, 0.25) is 5.02 Å². The molecule has 0 radical (unpaired) electrons. The molecule has 132 valence electrons. The van der Waals surface area contributed by atoms with Gasteiger partial charge in [0, 0.05) is 10.7 Å². The van der Waals surface area contributed by atoms with Gasteiger partial charge in [0.15, 0.2) is 12.7 Å². The van der Waals surface area contributed by atoms with Gasteiger partial charge in [0.05, 0.1) is 0 Å². The Labute approximate surface area is 151 Å². The van der Waals surface area contributed by atoms with Gasteiger partial charge in [-0.3, -0.25) is 4.79 Å². The summed E-state index contributed by atoms with van der Waals surface area (Å²) in [6.45, 7) is 4.90. The van der Waals surface area contributed by atoms with Crippen molar-refractivity contribution in [3.05, 3.63) is 58.6 Å². The lowest BCUT2D eigenvalue weighted by atomic mass is 10.2. The number of amides is 1. The minimum Gasteiger partial charge on any atom is -0.479 e. The van der Waals surface area contributed by atoms with Gasteiger partial charge in [0.2, 0.25) is 0 Å².